The number of morpholine rings is 1. The number of rotatable bonds is 7. The van der Waals surface area contributed by atoms with E-state index in [2.05, 4.69) is 34.3 Å². The van der Waals surface area contributed by atoms with Crippen molar-refractivity contribution in [2.75, 3.05) is 59.6 Å². The van der Waals surface area contributed by atoms with Crippen molar-refractivity contribution in [3.63, 3.8) is 0 Å². The van der Waals surface area contributed by atoms with Gasteiger partial charge in [0, 0.05) is 45.7 Å². The van der Waals surface area contributed by atoms with Crippen LogP contribution in [0.4, 0.5) is 0 Å². The van der Waals surface area contributed by atoms with Crippen molar-refractivity contribution < 1.29 is 14.3 Å². The van der Waals surface area contributed by atoms with Crippen LogP contribution in [0.2, 0.25) is 0 Å². The average molecular weight is 417 g/mol. The van der Waals surface area contributed by atoms with Gasteiger partial charge in [0.05, 0.1) is 19.8 Å². The van der Waals surface area contributed by atoms with E-state index in [-0.39, 0.29) is 5.92 Å². The minimum Gasteiger partial charge on any atom is -0.494 e. The smallest absolute Gasteiger partial charge is 0.225 e. The quantitative estimate of drug-likeness (QED) is 0.545. The van der Waals surface area contributed by atoms with Crippen molar-refractivity contribution >= 4 is 11.9 Å². The molecule has 166 valence electrons. The summed E-state index contributed by atoms with van der Waals surface area (Å²) in [6, 6.07) is 8.30. The molecule has 2 aliphatic heterocycles. The van der Waals surface area contributed by atoms with E-state index in [0.29, 0.717) is 19.1 Å². The lowest BCUT2D eigenvalue weighted by Gasteiger charge is -2.36. The fraction of sp³-hybridized carbons (Fsp3) is 0.652. The van der Waals surface area contributed by atoms with Gasteiger partial charge in [-0.2, -0.15) is 0 Å². The fourth-order valence-corrected chi connectivity index (χ4v) is 4.04. The predicted octanol–water partition coefficient (Wildman–Crippen LogP) is 2.16. The molecular formula is C23H36N4O3. The van der Waals surface area contributed by atoms with Crippen LogP contribution in [-0.4, -0.2) is 81.3 Å². The Hall–Kier alpha value is -2.28. The molecule has 0 aromatic heterocycles. The highest BCUT2D eigenvalue weighted by Gasteiger charge is 2.30. The third-order valence-corrected chi connectivity index (χ3v) is 5.75. The average Bonchev–Trinajstić information content (AvgIpc) is 2.81. The second-order valence-corrected chi connectivity index (χ2v) is 7.92. The molecule has 7 heteroatoms. The van der Waals surface area contributed by atoms with Gasteiger partial charge in [-0.1, -0.05) is 19.1 Å². The molecule has 0 radical (unpaired) electrons. The van der Waals surface area contributed by atoms with Gasteiger partial charge in [0.15, 0.2) is 5.96 Å². The van der Waals surface area contributed by atoms with Gasteiger partial charge in [0.25, 0.3) is 0 Å². The molecule has 0 atom stereocenters. The minimum atomic E-state index is 0.128. The summed E-state index contributed by atoms with van der Waals surface area (Å²) < 4.78 is 11.1. The molecule has 3 rings (SSSR count). The van der Waals surface area contributed by atoms with E-state index in [1.165, 1.54) is 5.56 Å². The minimum absolute atomic E-state index is 0.128. The summed E-state index contributed by atoms with van der Waals surface area (Å²) in [5.41, 5.74) is 1.25. The van der Waals surface area contributed by atoms with E-state index >= 15 is 0 Å². The van der Waals surface area contributed by atoms with Crippen LogP contribution in [0.1, 0.15) is 31.7 Å². The van der Waals surface area contributed by atoms with Crippen LogP contribution < -0.4 is 10.1 Å². The van der Waals surface area contributed by atoms with Crippen molar-refractivity contribution in [3.05, 3.63) is 29.8 Å². The summed E-state index contributed by atoms with van der Waals surface area (Å²) in [7, 11) is 1.83. The summed E-state index contributed by atoms with van der Waals surface area (Å²) in [4.78, 5) is 21.4. The Morgan fingerprint density at radius 3 is 2.67 bits per heavy atom. The van der Waals surface area contributed by atoms with Crippen LogP contribution in [0.15, 0.2) is 29.3 Å². The summed E-state index contributed by atoms with van der Waals surface area (Å²) in [5, 5.41) is 3.48. The van der Waals surface area contributed by atoms with Crippen LogP contribution in [0.3, 0.4) is 0 Å². The molecular weight excluding hydrogens is 380 g/mol. The van der Waals surface area contributed by atoms with Crippen molar-refractivity contribution in [2.45, 2.75) is 32.6 Å². The summed E-state index contributed by atoms with van der Waals surface area (Å²) in [6.45, 7) is 8.18. The molecule has 1 N–H and O–H groups in total. The molecule has 2 aliphatic rings. The number of nitrogens with one attached hydrogen (secondary N) is 1. The molecule has 0 saturated carbocycles. The SMILES string of the molecule is CCCOc1cccc(CCNC(=NC)N2CCC(C(=O)N3CCOCC3)CC2)c1. The third-order valence-electron chi connectivity index (χ3n) is 5.75. The van der Waals surface area contributed by atoms with E-state index in [0.717, 1.165) is 76.7 Å². The predicted molar refractivity (Wildman–Crippen MR) is 119 cm³/mol. The van der Waals surface area contributed by atoms with E-state index in [1.807, 2.05) is 24.1 Å². The highest BCUT2D eigenvalue weighted by Crippen LogP contribution is 2.20. The number of amides is 1. The molecule has 1 aromatic carbocycles. The number of carbonyl (C=O) groups excluding carboxylic acids is 1. The van der Waals surface area contributed by atoms with Crippen LogP contribution in [-0.2, 0) is 16.0 Å². The van der Waals surface area contributed by atoms with Crippen LogP contribution in [0, 0.1) is 5.92 Å². The van der Waals surface area contributed by atoms with Gasteiger partial charge < -0.3 is 24.6 Å². The van der Waals surface area contributed by atoms with Crippen LogP contribution in [0.25, 0.3) is 0 Å². The standard InChI is InChI=1S/C23H36N4O3/c1-3-15-30-21-6-4-5-19(18-21)7-10-25-23(24-2)27-11-8-20(9-12-27)22(28)26-13-16-29-17-14-26/h4-6,18,20H,3,7-17H2,1-2H3,(H,24,25). The van der Waals surface area contributed by atoms with E-state index in [9.17, 15) is 4.79 Å². The molecule has 2 heterocycles. The number of benzene rings is 1. The maximum absolute atomic E-state index is 12.7. The highest BCUT2D eigenvalue weighted by molar-refractivity contribution is 5.81. The summed E-state index contributed by atoms with van der Waals surface area (Å²) in [6.07, 6.45) is 3.69. The Morgan fingerprint density at radius 2 is 1.97 bits per heavy atom. The molecule has 0 unspecified atom stereocenters. The van der Waals surface area contributed by atoms with Gasteiger partial charge in [-0.3, -0.25) is 9.79 Å². The number of piperidine rings is 1. The van der Waals surface area contributed by atoms with Crippen molar-refractivity contribution in [1.29, 1.82) is 0 Å². The van der Waals surface area contributed by atoms with E-state index < -0.39 is 0 Å². The Labute approximate surface area is 180 Å². The van der Waals surface area contributed by atoms with Gasteiger partial charge in [0.2, 0.25) is 5.91 Å². The molecule has 2 fully saturated rings. The Kier molecular flexibility index (Phi) is 8.81. The van der Waals surface area contributed by atoms with Gasteiger partial charge in [-0.05, 0) is 43.4 Å². The Balaban J connectivity index is 1.42. The number of hydrogen-bond acceptors (Lipinski definition) is 4. The van der Waals surface area contributed by atoms with Gasteiger partial charge in [-0.25, -0.2) is 0 Å². The maximum Gasteiger partial charge on any atom is 0.225 e. The highest BCUT2D eigenvalue weighted by atomic mass is 16.5. The molecule has 7 nitrogen and oxygen atoms in total. The Bertz CT molecular complexity index is 695. The number of aliphatic imine (C=N–C) groups is 1. The van der Waals surface area contributed by atoms with E-state index in [4.69, 9.17) is 9.47 Å². The molecule has 30 heavy (non-hydrogen) atoms. The molecule has 1 amide bonds. The maximum atomic E-state index is 12.7. The first-order valence-corrected chi connectivity index (χ1v) is 11.2. The molecule has 0 bridgehead atoms. The molecule has 2 saturated heterocycles. The first kappa shape index (κ1) is 22.4. The number of ether oxygens (including phenoxy) is 2. The number of carbonyl (C=O) groups is 1. The molecule has 0 spiro atoms. The first-order chi connectivity index (χ1) is 14.7. The second-order valence-electron chi connectivity index (χ2n) is 7.92. The van der Waals surface area contributed by atoms with Gasteiger partial charge in [0.1, 0.15) is 5.75 Å². The summed E-state index contributed by atoms with van der Waals surface area (Å²) in [5.74, 6) is 2.28. The van der Waals surface area contributed by atoms with Crippen molar-refractivity contribution in [3.8, 4) is 5.75 Å². The monoisotopic (exact) mass is 416 g/mol. The zero-order chi connectivity index (χ0) is 21.2. The Morgan fingerprint density at radius 1 is 1.20 bits per heavy atom. The lowest BCUT2D eigenvalue weighted by atomic mass is 9.95. The van der Waals surface area contributed by atoms with Crippen LogP contribution >= 0.6 is 0 Å². The van der Waals surface area contributed by atoms with Gasteiger partial charge in [-0.15, -0.1) is 0 Å². The fourth-order valence-electron chi connectivity index (χ4n) is 4.04. The number of nitrogens with zero attached hydrogens (tertiary/aromatic N) is 3. The van der Waals surface area contributed by atoms with Crippen LogP contribution in [0.5, 0.6) is 5.75 Å². The van der Waals surface area contributed by atoms with Gasteiger partial charge >= 0.3 is 0 Å². The second kappa shape index (κ2) is 11.8. The lowest BCUT2D eigenvalue weighted by Crippen LogP contribution is -2.50. The lowest BCUT2D eigenvalue weighted by molar-refractivity contribution is -0.140. The zero-order valence-corrected chi connectivity index (χ0v) is 18.4. The molecule has 1 aromatic rings. The van der Waals surface area contributed by atoms with Crippen molar-refractivity contribution in [1.82, 2.24) is 15.1 Å². The topological polar surface area (TPSA) is 66.4 Å². The first-order valence-electron chi connectivity index (χ1n) is 11.2. The third kappa shape index (κ3) is 6.36. The number of guanidine groups is 1. The van der Waals surface area contributed by atoms with Crippen molar-refractivity contribution in [2.24, 2.45) is 10.9 Å². The number of hydrogen-bond donors (Lipinski definition) is 1. The molecule has 0 aliphatic carbocycles. The van der Waals surface area contributed by atoms with E-state index in [1.54, 1.807) is 0 Å². The normalized spacial score (nSPS) is 18.4. The summed E-state index contributed by atoms with van der Waals surface area (Å²) >= 11 is 0. The largest absolute Gasteiger partial charge is 0.494 e. The zero-order valence-electron chi connectivity index (χ0n) is 18.4. The number of likely N-dealkylation sites (tertiary alicyclic amines) is 1.